The summed E-state index contributed by atoms with van der Waals surface area (Å²) in [5.41, 5.74) is 0. The Morgan fingerprint density at radius 1 is 1.48 bits per heavy atom. The molecular formula is C11H12BrClF3NO3S. The van der Waals surface area contributed by atoms with Crippen molar-refractivity contribution in [1.29, 1.82) is 0 Å². The quantitative estimate of drug-likeness (QED) is 0.713. The van der Waals surface area contributed by atoms with Crippen molar-refractivity contribution in [1.82, 2.24) is 4.31 Å². The van der Waals surface area contributed by atoms with Crippen molar-refractivity contribution in [3.05, 3.63) is 16.5 Å². The molecule has 21 heavy (non-hydrogen) atoms. The van der Waals surface area contributed by atoms with Crippen molar-refractivity contribution in [2.24, 2.45) is 5.92 Å². The zero-order valence-electron chi connectivity index (χ0n) is 10.7. The second-order valence-electron chi connectivity index (χ2n) is 4.73. The first-order valence-corrected chi connectivity index (χ1v) is 8.84. The summed E-state index contributed by atoms with van der Waals surface area (Å²) in [6.45, 7) is -0.512. The van der Waals surface area contributed by atoms with Gasteiger partial charge in [-0.05, 0) is 28.8 Å². The summed E-state index contributed by atoms with van der Waals surface area (Å²) in [6.07, 6.45) is -4.29. The molecule has 1 aromatic rings. The highest BCUT2D eigenvalue weighted by Crippen LogP contribution is 2.36. The largest absolute Gasteiger partial charge is 0.452 e. The van der Waals surface area contributed by atoms with Gasteiger partial charge in [0.2, 0.25) is 10.0 Å². The first-order chi connectivity index (χ1) is 9.66. The maximum absolute atomic E-state index is 12.8. The smallest absolute Gasteiger partial charge is 0.393 e. The molecule has 0 bridgehead atoms. The van der Waals surface area contributed by atoms with E-state index in [1.165, 1.54) is 6.07 Å². The van der Waals surface area contributed by atoms with Gasteiger partial charge in [-0.15, -0.1) is 11.6 Å². The third-order valence-corrected chi connectivity index (χ3v) is 6.29. The lowest BCUT2D eigenvalue weighted by Crippen LogP contribution is -2.44. The van der Waals surface area contributed by atoms with Crippen molar-refractivity contribution in [2.45, 2.75) is 29.8 Å². The highest BCUT2D eigenvalue weighted by Gasteiger charge is 2.44. The molecule has 1 atom stereocenters. The molecule has 1 aliphatic rings. The summed E-state index contributed by atoms with van der Waals surface area (Å²) in [5.74, 6) is -1.44. The fourth-order valence-electron chi connectivity index (χ4n) is 2.21. The number of sulfonamides is 1. The summed E-state index contributed by atoms with van der Waals surface area (Å²) in [5, 5.41) is 0. The van der Waals surface area contributed by atoms with Gasteiger partial charge in [0.1, 0.15) is 10.7 Å². The average Bonchev–Trinajstić information content (AvgIpc) is 2.80. The summed E-state index contributed by atoms with van der Waals surface area (Å²) >= 11 is 8.52. The fraction of sp³-hybridized carbons (Fsp3) is 0.636. The minimum absolute atomic E-state index is 0.0285. The number of hydrogen-bond acceptors (Lipinski definition) is 3. The van der Waals surface area contributed by atoms with Gasteiger partial charge in [0.25, 0.3) is 0 Å². The Balaban J connectivity index is 2.28. The fourth-order valence-corrected chi connectivity index (χ4v) is 4.82. The molecule has 10 heteroatoms. The van der Waals surface area contributed by atoms with E-state index in [9.17, 15) is 21.6 Å². The maximum atomic E-state index is 12.8. The highest BCUT2D eigenvalue weighted by molar-refractivity contribution is 9.10. The summed E-state index contributed by atoms with van der Waals surface area (Å²) in [7, 11) is -4.04. The molecule has 0 N–H and O–H groups in total. The Morgan fingerprint density at radius 2 is 2.14 bits per heavy atom. The summed E-state index contributed by atoms with van der Waals surface area (Å²) in [4.78, 5) is -0.194. The standard InChI is InChI=1S/C11H12BrClF3NO3S/c12-10-9(4-8(5-13)20-10)21(18,19)17-3-1-2-7(6-17)11(14,15)16/h4,7H,1-3,5-6H2. The molecule has 1 saturated heterocycles. The van der Waals surface area contributed by atoms with Crippen molar-refractivity contribution < 1.29 is 26.0 Å². The van der Waals surface area contributed by atoms with Crippen LogP contribution in [0.3, 0.4) is 0 Å². The van der Waals surface area contributed by atoms with E-state index >= 15 is 0 Å². The van der Waals surface area contributed by atoms with Crippen molar-refractivity contribution in [3.63, 3.8) is 0 Å². The average molecular weight is 411 g/mol. The van der Waals surface area contributed by atoms with E-state index in [0.717, 1.165) is 4.31 Å². The molecule has 0 saturated carbocycles. The molecule has 2 rings (SSSR count). The minimum atomic E-state index is -4.40. The van der Waals surface area contributed by atoms with Gasteiger partial charge in [0, 0.05) is 19.2 Å². The van der Waals surface area contributed by atoms with E-state index in [2.05, 4.69) is 15.9 Å². The molecule has 0 aliphatic carbocycles. The van der Waals surface area contributed by atoms with E-state index in [0.29, 0.717) is 0 Å². The first-order valence-electron chi connectivity index (χ1n) is 6.07. The second kappa shape index (κ2) is 6.10. The Kier molecular flexibility index (Phi) is 4.97. The maximum Gasteiger partial charge on any atom is 0.393 e. The lowest BCUT2D eigenvalue weighted by atomic mass is 9.99. The third-order valence-electron chi connectivity index (χ3n) is 3.30. The van der Waals surface area contributed by atoms with Gasteiger partial charge in [-0.3, -0.25) is 0 Å². The Bertz CT molecular complexity index is 617. The van der Waals surface area contributed by atoms with Crippen LogP contribution in [0.25, 0.3) is 0 Å². The van der Waals surface area contributed by atoms with Crippen LogP contribution in [-0.2, 0) is 15.9 Å². The number of piperidine rings is 1. The molecule has 2 heterocycles. The second-order valence-corrected chi connectivity index (χ2v) is 7.62. The van der Waals surface area contributed by atoms with Gasteiger partial charge >= 0.3 is 6.18 Å². The number of rotatable bonds is 3. The third kappa shape index (κ3) is 3.57. The lowest BCUT2D eigenvalue weighted by molar-refractivity contribution is -0.182. The predicted octanol–water partition coefficient (Wildman–Crippen LogP) is 3.74. The minimum Gasteiger partial charge on any atom is -0.452 e. The normalized spacial score (nSPS) is 21.7. The number of alkyl halides is 4. The van der Waals surface area contributed by atoms with Crippen LogP contribution in [0.1, 0.15) is 18.6 Å². The Labute approximate surface area is 133 Å². The van der Waals surface area contributed by atoms with Gasteiger partial charge < -0.3 is 4.42 Å². The molecule has 0 aromatic carbocycles. The number of hydrogen-bond donors (Lipinski definition) is 0. The zero-order chi connectivity index (χ0) is 15.8. The number of nitrogens with zero attached hydrogens (tertiary/aromatic N) is 1. The topological polar surface area (TPSA) is 50.5 Å². The molecule has 0 amide bonds. The number of furan rings is 1. The Hall–Kier alpha value is -0.250. The van der Waals surface area contributed by atoms with E-state index in [-0.39, 0.29) is 40.6 Å². The van der Waals surface area contributed by atoms with E-state index in [1.807, 2.05) is 0 Å². The first kappa shape index (κ1) is 17.1. The van der Waals surface area contributed by atoms with Crippen LogP contribution in [0, 0.1) is 5.92 Å². The van der Waals surface area contributed by atoms with Gasteiger partial charge in [-0.25, -0.2) is 8.42 Å². The van der Waals surface area contributed by atoms with Crippen LogP contribution in [0.2, 0.25) is 0 Å². The van der Waals surface area contributed by atoms with Crippen molar-refractivity contribution in [3.8, 4) is 0 Å². The lowest BCUT2D eigenvalue weighted by Gasteiger charge is -2.32. The summed E-state index contributed by atoms with van der Waals surface area (Å²) < 4.78 is 69.1. The molecule has 0 spiro atoms. The van der Waals surface area contributed by atoms with Crippen LogP contribution in [0.5, 0.6) is 0 Å². The van der Waals surface area contributed by atoms with Crippen LogP contribution in [0.15, 0.2) is 20.0 Å². The van der Waals surface area contributed by atoms with E-state index in [1.54, 1.807) is 0 Å². The molecule has 1 aliphatic heterocycles. The van der Waals surface area contributed by atoms with Gasteiger partial charge in [-0.2, -0.15) is 17.5 Å². The molecule has 120 valence electrons. The van der Waals surface area contributed by atoms with Crippen LogP contribution < -0.4 is 0 Å². The van der Waals surface area contributed by atoms with Crippen molar-refractivity contribution >= 4 is 37.6 Å². The molecular weight excluding hydrogens is 399 g/mol. The SMILES string of the molecule is O=S(=O)(c1cc(CCl)oc1Br)N1CCCC(C(F)(F)F)C1. The summed E-state index contributed by atoms with van der Waals surface area (Å²) in [6, 6.07) is 1.23. The van der Waals surface area contributed by atoms with E-state index < -0.39 is 28.7 Å². The van der Waals surface area contributed by atoms with Crippen LogP contribution >= 0.6 is 27.5 Å². The number of halogens is 5. The van der Waals surface area contributed by atoms with Crippen LogP contribution in [-0.4, -0.2) is 32.0 Å². The monoisotopic (exact) mass is 409 g/mol. The van der Waals surface area contributed by atoms with Gasteiger partial charge in [0.15, 0.2) is 4.67 Å². The molecule has 0 radical (unpaired) electrons. The van der Waals surface area contributed by atoms with Crippen molar-refractivity contribution in [2.75, 3.05) is 13.1 Å². The van der Waals surface area contributed by atoms with E-state index in [4.69, 9.17) is 16.0 Å². The predicted molar refractivity (Wildman–Crippen MR) is 73.5 cm³/mol. The van der Waals surface area contributed by atoms with Gasteiger partial charge in [-0.1, -0.05) is 0 Å². The highest BCUT2D eigenvalue weighted by atomic mass is 79.9. The van der Waals surface area contributed by atoms with Gasteiger partial charge in [0.05, 0.1) is 11.8 Å². The molecule has 1 aromatic heterocycles. The Morgan fingerprint density at radius 3 is 2.67 bits per heavy atom. The zero-order valence-corrected chi connectivity index (χ0v) is 13.8. The molecule has 1 fully saturated rings. The van der Waals surface area contributed by atoms with Crippen LogP contribution in [0.4, 0.5) is 13.2 Å². The molecule has 1 unspecified atom stereocenters. The molecule has 4 nitrogen and oxygen atoms in total.